The zero-order chi connectivity index (χ0) is 11.4. The van der Waals surface area contributed by atoms with Crippen molar-refractivity contribution in [2.45, 2.75) is 26.3 Å². The smallest absolute Gasteiger partial charge is 0.0593 e. The van der Waals surface area contributed by atoms with Gasteiger partial charge in [-0.1, -0.05) is 12.1 Å². The molecule has 3 nitrogen and oxygen atoms in total. The minimum Gasteiger partial charge on any atom is -0.399 e. The Hall–Kier alpha value is -1.77. The minimum absolute atomic E-state index is 0.825. The number of benzene rings is 1. The molecule has 3 heteroatoms. The van der Waals surface area contributed by atoms with E-state index in [0.29, 0.717) is 0 Å². The first kappa shape index (κ1) is 10.7. The molecule has 2 aromatic rings. The van der Waals surface area contributed by atoms with Gasteiger partial charge in [0.05, 0.1) is 5.69 Å². The van der Waals surface area contributed by atoms with E-state index < -0.39 is 0 Å². The van der Waals surface area contributed by atoms with Crippen LogP contribution >= 0.6 is 0 Å². The number of nitrogens with two attached hydrogens (primary N) is 1. The Morgan fingerprint density at radius 3 is 2.56 bits per heavy atom. The van der Waals surface area contributed by atoms with Crippen molar-refractivity contribution in [2.75, 3.05) is 5.73 Å². The molecule has 2 N–H and O–H groups in total. The lowest BCUT2D eigenvalue weighted by molar-refractivity contribution is 0.575. The zero-order valence-electron chi connectivity index (χ0n) is 9.56. The Morgan fingerprint density at radius 1 is 1.19 bits per heavy atom. The van der Waals surface area contributed by atoms with Crippen LogP contribution in [0.15, 0.2) is 36.5 Å². The summed E-state index contributed by atoms with van der Waals surface area (Å²) in [6, 6.07) is 10.1. The highest BCUT2D eigenvalue weighted by atomic mass is 15.3. The van der Waals surface area contributed by atoms with E-state index in [0.717, 1.165) is 30.8 Å². The molecule has 0 saturated heterocycles. The van der Waals surface area contributed by atoms with Crippen LogP contribution in [0.4, 0.5) is 5.69 Å². The molecule has 0 saturated carbocycles. The van der Waals surface area contributed by atoms with Crippen LogP contribution in [0.25, 0.3) is 0 Å². The topological polar surface area (TPSA) is 43.8 Å². The average molecular weight is 215 g/mol. The maximum atomic E-state index is 5.64. The van der Waals surface area contributed by atoms with Gasteiger partial charge in [-0.15, -0.1) is 0 Å². The summed E-state index contributed by atoms with van der Waals surface area (Å²) in [7, 11) is 0. The Balaban J connectivity index is 1.82. The Bertz CT molecular complexity index is 442. The third-order valence-corrected chi connectivity index (χ3v) is 2.61. The molecule has 84 valence electrons. The molecule has 1 aromatic heterocycles. The molecule has 0 bridgehead atoms. The van der Waals surface area contributed by atoms with Gasteiger partial charge < -0.3 is 5.73 Å². The Morgan fingerprint density at radius 2 is 1.94 bits per heavy atom. The second kappa shape index (κ2) is 4.84. The van der Waals surface area contributed by atoms with Crippen LogP contribution in [-0.4, -0.2) is 9.78 Å². The van der Waals surface area contributed by atoms with Gasteiger partial charge in [0.25, 0.3) is 0 Å². The molecule has 1 heterocycles. The highest BCUT2D eigenvalue weighted by Gasteiger charge is 1.96. The number of nitrogen functional groups attached to an aromatic ring is 1. The summed E-state index contributed by atoms with van der Waals surface area (Å²) in [5.41, 5.74) is 8.87. The van der Waals surface area contributed by atoms with Crippen molar-refractivity contribution in [1.29, 1.82) is 0 Å². The van der Waals surface area contributed by atoms with Gasteiger partial charge >= 0.3 is 0 Å². The summed E-state index contributed by atoms with van der Waals surface area (Å²) in [5.74, 6) is 0. The molecule has 2 rings (SSSR count). The molecule has 0 amide bonds. The molecule has 0 fully saturated rings. The van der Waals surface area contributed by atoms with Crippen molar-refractivity contribution in [1.82, 2.24) is 9.78 Å². The molecular weight excluding hydrogens is 198 g/mol. The van der Waals surface area contributed by atoms with E-state index in [1.165, 1.54) is 5.56 Å². The quantitative estimate of drug-likeness (QED) is 0.796. The van der Waals surface area contributed by atoms with Crippen LogP contribution < -0.4 is 5.73 Å². The van der Waals surface area contributed by atoms with Crippen molar-refractivity contribution in [3.8, 4) is 0 Å². The fourth-order valence-corrected chi connectivity index (χ4v) is 1.72. The van der Waals surface area contributed by atoms with E-state index in [1.54, 1.807) is 0 Å². The SMILES string of the molecule is Cc1ccn(CCCc2ccc(N)cc2)n1. The number of aryl methyl sites for hydroxylation is 3. The second-order valence-electron chi connectivity index (χ2n) is 4.07. The van der Waals surface area contributed by atoms with E-state index in [-0.39, 0.29) is 0 Å². The normalized spacial score (nSPS) is 10.6. The summed E-state index contributed by atoms with van der Waals surface area (Å²) in [6.07, 6.45) is 4.20. The van der Waals surface area contributed by atoms with Gasteiger partial charge in [-0.25, -0.2) is 0 Å². The Labute approximate surface area is 95.9 Å². The third-order valence-electron chi connectivity index (χ3n) is 2.61. The number of nitrogens with zero attached hydrogens (tertiary/aromatic N) is 2. The maximum Gasteiger partial charge on any atom is 0.0593 e. The van der Waals surface area contributed by atoms with Crippen LogP contribution in [0.3, 0.4) is 0 Å². The van der Waals surface area contributed by atoms with Gasteiger partial charge in [-0.2, -0.15) is 5.10 Å². The van der Waals surface area contributed by atoms with Crippen molar-refractivity contribution in [3.05, 3.63) is 47.8 Å². The van der Waals surface area contributed by atoms with Crippen LogP contribution in [-0.2, 0) is 13.0 Å². The highest BCUT2D eigenvalue weighted by molar-refractivity contribution is 5.39. The third kappa shape index (κ3) is 2.86. The van der Waals surface area contributed by atoms with Gasteiger partial charge in [0.2, 0.25) is 0 Å². The van der Waals surface area contributed by atoms with Crippen molar-refractivity contribution < 1.29 is 0 Å². The van der Waals surface area contributed by atoms with E-state index in [4.69, 9.17) is 5.73 Å². The number of aromatic nitrogens is 2. The first-order chi connectivity index (χ1) is 7.74. The summed E-state index contributed by atoms with van der Waals surface area (Å²) in [6.45, 7) is 2.98. The largest absolute Gasteiger partial charge is 0.399 e. The van der Waals surface area contributed by atoms with Gasteiger partial charge in [0.1, 0.15) is 0 Å². The fraction of sp³-hybridized carbons (Fsp3) is 0.308. The zero-order valence-corrected chi connectivity index (χ0v) is 9.56. The molecule has 0 aliphatic carbocycles. The predicted octanol–water partition coefficient (Wildman–Crippen LogP) is 2.41. The maximum absolute atomic E-state index is 5.64. The lowest BCUT2D eigenvalue weighted by atomic mass is 10.1. The van der Waals surface area contributed by atoms with E-state index in [9.17, 15) is 0 Å². The molecule has 0 aliphatic rings. The van der Waals surface area contributed by atoms with Crippen molar-refractivity contribution in [3.63, 3.8) is 0 Å². The van der Waals surface area contributed by atoms with Gasteiger partial charge in [-0.3, -0.25) is 4.68 Å². The molecule has 0 radical (unpaired) electrons. The van der Waals surface area contributed by atoms with Crippen LogP contribution in [0.2, 0.25) is 0 Å². The second-order valence-corrected chi connectivity index (χ2v) is 4.07. The van der Waals surface area contributed by atoms with Crippen LogP contribution in [0.1, 0.15) is 17.7 Å². The highest BCUT2D eigenvalue weighted by Crippen LogP contribution is 2.08. The van der Waals surface area contributed by atoms with E-state index >= 15 is 0 Å². The molecule has 0 unspecified atom stereocenters. The summed E-state index contributed by atoms with van der Waals surface area (Å²) in [5, 5.41) is 4.35. The van der Waals surface area contributed by atoms with Crippen LogP contribution in [0, 0.1) is 6.92 Å². The first-order valence-corrected chi connectivity index (χ1v) is 5.58. The van der Waals surface area contributed by atoms with Crippen LogP contribution in [0.5, 0.6) is 0 Å². The number of hydrogen-bond acceptors (Lipinski definition) is 2. The monoisotopic (exact) mass is 215 g/mol. The number of rotatable bonds is 4. The van der Waals surface area contributed by atoms with Crippen molar-refractivity contribution >= 4 is 5.69 Å². The lowest BCUT2D eigenvalue weighted by Crippen LogP contribution is -2.00. The number of hydrogen-bond donors (Lipinski definition) is 1. The summed E-state index contributed by atoms with van der Waals surface area (Å²) >= 11 is 0. The minimum atomic E-state index is 0.825. The summed E-state index contributed by atoms with van der Waals surface area (Å²) < 4.78 is 1.99. The predicted molar refractivity (Wildman–Crippen MR) is 66.1 cm³/mol. The van der Waals surface area contributed by atoms with Gasteiger partial charge in [0, 0.05) is 18.4 Å². The van der Waals surface area contributed by atoms with Gasteiger partial charge in [-0.05, 0) is 43.5 Å². The van der Waals surface area contributed by atoms with E-state index in [1.807, 2.05) is 36.0 Å². The van der Waals surface area contributed by atoms with Crippen molar-refractivity contribution in [2.24, 2.45) is 0 Å². The molecular formula is C13H17N3. The molecule has 0 atom stereocenters. The lowest BCUT2D eigenvalue weighted by Gasteiger charge is -2.02. The average Bonchev–Trinajstić information content (AvgIpc) is 2.67. The first-order valence-electron chi connectivity index (χ1n) is 5.58. The molecule has 16 heavy (non-hydrogen) atoms. The fourth-order valence-electron chi connectivity index (χ4n) is 1.72. The summed E-state index contributed by atoms with van der Waals surface area (Å²) in [4.78, 5) is 0. The molecule has 0 spiro atoms. The number of anilines is 1. The molecule has 0 aliphatic heterocycles. The van der Waals surface area contributed by atoms with Gasteiger partial charge in [0.15, 0.2) is 0 Å². The van der Waals surface area contributed by atoms with E-state index in [2.05, 4.69) is 17.2 Å². The molecule has 1 aromatic carbocycles. The Kier molecular flexibility index (Phi) is 3.25. The standard InChI is InChI=1S/C13H17N3/c1-11-8-10-16(15-11)9-2-3-12-4-6-13(14)7-5-12/h4-8,10H,2-3,9,14H2,1H3.